The molecule has 0 aromatic heterocycles. The van der Waals surface area contributed by atoms with Crippen LogP contribution in [0.15, 0.2) is 52.6 Å². The number of aliphatic hydroxyl groups excluding tert-OH is 2. The fourth-order valence-electron chi connectivity index (χ4n) is 3.56. The molecular formula is C23H29F2NO5S. The van der Waals surface area contributed by atoms with Crippen LogP contribution in [-0.4, -0.2) is 52.2 Å². The van der Waals surface area contributed by atoms with Crippen molar-refractivity contribution in [3.05, 3.63) is 54.1 Å². The zero-order valence-corrected chi connectivity index (χ0v) is 18.7. The molecule has 2 rings (SSSR count). The summed E-state index contributed by atoms with van der Waals surface area (Å²) in [4.78, 5) is 11.4. The summed E-state index contributed by atoms with van der Waals surface area (Å²) in [5.41, 5.74) is 0.433. The highest BCUT2D eigenvalue weighted by atomic mass is 32.2. The Bertz CT molecular complexity index is 846. The predicted molar refractivity (Wildman–Crippen MR) is 119 cm³/mol. The number of halogens is 2. The smallest absolute Gasteiger partial charge is 0.305 e. The first-order chi connectivity index (χ1) is 15.3. The minimum absolute atomic E-state index is 0.157. The van der Waals surface area contributed by atoms with Gasteiger partial charge in [-0.15, -0.1) is 11.8 Å². The Hall–Kier alpha value is -2.23. The quantitative estimate of drug-likeness (QED) is 0.113. The van der Waals surface area contributed by atoms with Crippen LogP contribution >= 0.6 is 11.8 Å². The minimum atomic E-state index is -0.906. The Labute approximate surface area is 190 Å². The number of allylic oxidation sites excluding steroid dienone is 3. The third-order valence-electron chi connectivity index (χ3n) is 5.29. The van der Waals surface area contributed by atoms with Gasteiger partial charge in [0, 0.05) is 41.4 Å². The number of unbranched alkanes of at least 4 members (excludes halogenated alkanes) is 1. The van der Waals surface area contributed by atoms with Gasteiger partial charge in [-0.3, -0.25) is 4.79 Å². The first kappa shape index (κ1) is 26.0. The summed E-state index contributed by atoms with van der Waals surface area (Å²) in [5, 5.41) is 33.2. The molecule has 9 heteroatoms. The Morgan fingerprint density at radius 3 is 2.84 bits per heavy atom. The summed E-state index contributed by atoms with van der Waals surface area (Å²) in [5.74, 6) is -2.01. The number of ether oxygens (including phenoxy) is 1. The molecule has 176 valence electrons. The first-order valence-corrected chi connectivity index (χ1v) is 11.4. The molecule has 32 heavy (non-hydrogen) atoms. The number of thioether (sulfide) groups is 1. The number of methoxy groups -OCH3 is 1. The van der Waals surface area contributed by atoms with Gasteiger partial charge in [-0.25, -0.2) is 8.78 Å². The van der Waals surface area contributed by atoms with E-state index in [0.29, 0.717) is 31.4 Å². The molecule has 4 atom stereocenters. The lowest BCUT2D eigenvalue weighted by Gasteiger charge is -2.18. The normalized spacial score (nSPS) is 23.4. The second kappa shape index (κ2) is 13.3. The van der Waals surface area contributed by atoms with Crippen LogP contribution in [-0.2, 0) is 9.53 Å². The van der Waals surface area contributed by atoms with Crippen LogP contribution in [0.4, 0.5) is 8.78 Å². The average Bonchev–Trinajstić information content (AvgIpc) is 3.08. The molecule has 0 unspecified atom stereocenters. The van der Waals surface area contributed by atoms with Gasteiger partial charge in [0.2, 0.25) is 0 Å². The van der Waals surface area contributed by atoms with E-state index in [9.17, 15) is 29.0 Å². The zero-order valence-electron chi connectivity index (χ0n) is 17.9. The zero-order chi connectivity index (χ0) is 23.5. The lowest BCUT2D eigenvalue weighted by molar-refractivity contribution is -0.140. The Kier molecular flexibility index (Phi) is 10.9. The topological polar surface area (TPSA) is 99.4 Å². The second-order valence-electron chi connectivity index (χ2n) is 7.57. The van der Waals surface area contributed by atoms with Gasteiger partial charge in [0.1, 0.15) is 11.6 Å². The van der Waals surface area contributed by atoms with Crippen LogP contribution in [0.5, 0.6) is 0 Å². The molecule has 0 aliphatic heterocycles. The van der Waals surface area contributed by atoms with E-state index in [2.05, 4.69) is 9.89 Å². The second-order valence-corrected chi connectivity index (χ2v) is 8.63. The average molecular weight is 470 g/mol. The number of hydrogen-bond acceptors (Lipinski definition) is 7. The molecule has 6 nitrogen and oxygen atoms in total. The lowest BCUT2D eigenvalue weighted by atomic mass is 9.90. The monoisotopic (exact) mass is 469 g/mol. The van der Waals surface area contributed by atoms with Gasteiger partial charge in [0.05, 0.1) is 25.0 Å². The summed E-state index contributed by atoms with van der Waals surface area (Å²) in [6, 6.07) is 3.27. The van der Waals surface area contributed by atoms with Crippen molar-refractivity contribution in [2.75, 3.05) is 12.9 Å². The number of rotatable bonds is 11. The molecule has 1 fully saturated rings. The molecule has 0 heterocycles. The van der Waals surface area contributed by atoms with Crippen LogP contribution in [0, 0.1) is 23.5 Å². The van der Waals surface area contributed by atoms with Gasteiger partial charge in [0.25, 0.3) is 0 Å². The highest BCUT2D eigenvalue weighted by Crippen LogP contribution is 2.34. The summed E-state index contributed by atoms with van der Waals surface area (Å²) in [6.07, 6.45) is 8.00. The number of hydrogen-bond donors (Lipinski definition) is 3. The van der Waals surface area contributed by atoms with E-state index in [1.807, 2.05) is 12.2 Å². The van der Waals surface area contributed by atoms with Crippen molar-refractivity contribution in [3.8, 4) is 0 Å². The maximum atomic E-state index is 13.7. The number of benzene rings is 1. The first-order valence-electron chi connectivity index (χ1n) is 10.4. The van der Waals surface area contributed by atoms with Crippen molar-refractivity contribution in [3.63, 3.8) is 0 Å². The largest absolute Gasteiger partial charge is 0.469 e. The number of esters is 1. The summed E-state index contributed by atoms with van der Waals surface area (Å²) < 4.78 is 31.3. The maximum absolute atomic E-state index is 13.7. The van der Waals surface area contributed by atoms with Crippen LogP contribution in [0.25, 0.3) is 0 Å². The van der Waals surface area contributed by atoms with Crippen LogP contribution in [0.3, 0.4) is 0 Å². The van der Waals surface area contributed by atoms with E-state index in [-0.39, 0.29) is 34.9 Å². The molecular weight excluding hydrogens is 440 g/mol. The standard InChI is InChI=1S/C23H29F2NO5S/c1-31-23(29)7-5-3-2-4-6-18-17(20(26-30)13-21(18)28)10-9-16(27)14-32-22-11-8-15(24)12-19(22)25/h2,4,8-12,16-18,21,27-28,30H,3,5-7,13-14H2,1H3/b4-2+,10-9+,26-20-/t16-,17-,18-,21+/m1/s1. The van der Waals surface area contributed by atoms with Gasteiger partial charge in [-0.1, -0.05) is 29.5 Å². The number of oxime groups is 1. The third-order valence-corrected chi connectivity index (χ3v) is 6.44. The van der Waals surface area contributed by atoms with Crippen LogP contribution in [0.1, 0.15) is 32.1 Å². The van der Waals surface area contributed by atoms with Gasteiger partial charge >= 0.3 is 5.97 Å². The number of aliphatic hydroxyl groups is 2. The minimum Gasteiger partial charge on any atom is -0.469 e. The highest BCUT2D eigenvalue weighted by Gasteiger charge is 2.38. The van der Waals surface area contributed by atoms with Crippen molar-refractivity contribution in [2.24, 2.45) is 17.0 Å². The van der Waals surface area contributed by atoms with E-state index in [4.69, 9.17) is 0 Å². The molecule has 1 aromatic carbocycles. The molecule has 1 saturated carbocycles. The molecule has 1 aliphatic rings. The molecule has 0 spiro atoms. The molecule has 1 aromatic rings. The van der Waals surface area contributed by atoms with E-state index >= 15 is 0 Å². The Morgan fingerprint density at radius 2 is 2.16 bits per heavy atom. The van der Waals surface area contributed by atoms with E-state index in [1.165, 1.54) is 19.3 Å². The van der Waals surface area contributed by atoms with Gasteiger partial charge in [-0.05, 0) is 31.4 Å². The molecule has 0 radical (unpaired) electrons. The summed E-state index contributed by atoms with van der Waals surface area (Å²) in [6.45, 7) is 0. The van der Waals surface area contributed by atoms with Crippen LogP contribution in [0.2, 0.25) is 0 Å². The SMILES string of the molecule is COC(=O)CCC/C=C/C[C@H]1[C@@H](O)C/C(=N/O)[C@@H]1/C=C/[C@@H](O)CSc1ccc(F)cc1F. The summed E-state index contributed by atoms with van der Waals surface area (Å²) in [7, 11) is 1.35. The Balaban J connectivity index is 1.90. The predicted octanol–water partition coefficient (Wildman–Crippen LogP) is 4.09. The fourth-order valence-corrected chi connectivity index (χ4v) is 4.38. The lowest BCUT2D eigenvalue weighted by Crippen LogP contribution is -2.19. The van der Waals surface area contributed by atoms with Crippen molar-refractivity contribution < 1.29 is 33.7 Å². The maximum Gasteiger partial charge on any atom is 0.305 e. The highest BCUT2D eigenvalue weighted by molar-refractivity contribution is 7.99. The van der Waals surface area contributed by atoms with Crippen molar-refractivity contribution in [1.29, 1.82) is 0 Å². The van der Waals surface area contributed by atoms with Gasteiger partial charge in [-0.2, -0.15) is 0 Å². The van der Waals surface area contributed by atoms with Gasteiger partial charge < -0.3 is 20.2 Å². The number of carbonyl (C=O) groups is 1. The van der Waals surface area contributed by atoms with Gasteiger partial charge in [0.15, 0.2) is 0 Å². The van der Waals surface area contributed by atoms with Crippen molar-refractivity contribution in [1.82, 2.24) is 0 Å². The van der Waals surface area contributed by atoms with E-state index in [0.717, 1.165) is 23.9 Å². The fraction of sp³-hybridized carbons (Fsp3) is 0.478. The molecule has 0 amide bonds. The van der Waals surface area contributed by atoms with E-state index in [1.54, 1.807) is 6.08 Å². The molecule has 0 bridgehead atoms. The molecule has 1 aliphatic carbocycles. The number of nitrogens with zero attached hydrogens (tertiary/aromatic N) is 1. The van der Waals surface area contributed by atoms with E-state index < -0.39 is 23.8 Å². The molecule has 0 saturated heterocycles. The summed E-state index contributed by atoms with van der Waals surface area (Å²) >= 11 is 1.06. The number of carbonyl (C=O) groups excluding carboxylic acids is 1. The van der Waals surface area contributed by atoms with Crippen molar-refractivity contribution >= 4 is 23.4 Å². The Morgan fingerprint density at radius 1 is 1.38 bits per heavy atom. The van der Waals surface area contributed by atoms with Crippen molar-refractivity contribution in [2.45, 2.75) is 49.2 Å². The third kappa shape index (κ3) is 8.03. The van der Waals surface area contributed by atoms with Crippen LogP contribution < -0.4 is 0 Å². The molecule has 3 N–H and O–H groups in total.